The number of benzene rings is 1. The van der Waals surface area contributed by atoms with E-state index in [1.165, 1.54) is 24.0 Å². The highest BCUT2D eigenvalue weighted by Crippen LogP contribution is 2.47. The van der Waals surface area contributed by atoms with Gasteiger partial charge in [-0.05, 0) is 23.6 Å². The number of rotatable bonds is 3. The molecule has 1 aromatic carbocycles. The van der Waals surface area contributed by atoms with E-state index < -0.39 is 4.92 Å². The number of nitro groups is 1. The molecule has 2 aliphatic heterocycles. The van der Waals surface area contributed by atoms with Gasteiger partial charge in [-0.15, -0.1) is 0 Å². The molecule has 0 N–H and O–H groups in total. The number of fused-ring (bicyclic) bond motifs is 2. The number of piperidine rings is 1. The molecule has 0 amide bonds. The SMILES string of the molecule is CO[n+]1ccc([N+](=O)[O-])cc1N1CCC2(CC1)COc1c(C#N)cccc12. The lowest BCUT2D eigenvalue weighted by Gasteiger charge is -2.35. The molecule has 4 rings (SSSR count). The van der Waals surface area contributed by atoms with Gasteiger partial charge in [-0.2, -0.15) is 5.26 Å². The molecule has 0 radical (unpaired) electrons. The molecule has 27 heavy (non-hydrogen) atoms. The van der Waals surface area contributed by atoms with Crippen molar-refractivity contribution < 1.29 is 19.2 Å². The van der Waals surface area contributed by atoms with E-state index in [0.717, 1.165) is 18.4 Å². The molecule has 0 aliphatic carbocycles. The quantitative estimate of drug-likeness (QED) is 0.466. The van der Waals surface area contributed by atoms with Gasteiger partial charge in [-0.3, -0.25) is 15.0 Å². The molecule has 0 unspecified atom stereocenters. The van der Waals surface area contributed by atoms with Crippen LogP contribution in [0.3, 0.4) is 0 Å². The predicted octanol–water partition coefficient (Wildman–Crippen LogP) is 1.74. The Hall–Kier alpha value is -3.34. The number of hydrogen-bond acceptors (Lipinski definition) is 6. The summed E-state index contributed by atoms with van der Waals surface area (Å²) < 4.78 is 7.43. The third-order valence-electron chi connectivity index (χ3n) is 5.54. The molecule has 1 aromatic heterocycles. The topological polar surface area (TPSA) is 92.5 Å². The van der Waals surface area contributed by atoms with Crippen molar-refractivity contribution in [2.45, 2.75) is 18.3 Å². The van der Waals surface area contributed by atoms with Gasteiger partial charge in [-0.1, -0.05) is 12.1 Å². The highest BCUT2D eigenvalue weighted by molar-refractivity contribution is 5.55. The average molecular weight is 367 g/mol. The molecule has 0 saturated carbocycles. The van der Waals surface area contributed by atoms with Crippen molar-refractivity contribution in [2.24, 2.45) is 0 Å². The summed E-state index contributed by atoms with van der Waals surface area (Å²) in [5, 5.41) is 20.4. The smallest absolute Gasteiger partial charge is 0.323 e. The summed E-state index contributed by atoms with van der Waals surface area (Å²) in [6, 6.07) is 10.9. The zero-order chi connectivity index (χ0) is 19.0. The number of nitriles is 1. The molecule has 2 aromatic rings. The molecular formula is C19H19N4O4+. The van der Waals surface area contributed by atoms with Gasteiger partial charge < -0.3 is 9.57 Å². The van der Waals surface area contributed by atoms with Crippen LogP contribution in [0.25, 0.3) is 0 Å². The van der Waals surface area contributed by atoms with Crippen molar-refractivity contribution in [3.8, 4) is 11.8 Å². The van der Waals surface area contributed by atoms with Gasteiger partial charge in [-0.25, -0.2) is 0 Å². The van der Waals surface area contributed by atoms with Crippen LogP contribution in [-0.4, -0.2) is 31.7 Å². The van der Waals surface area contributed by atoms with Crippen LogP contribution in [0.15, 0.2) is 36.5 Å². The Morgan fingerprint density at radius 2 is 2.15 bits per heavy atom. The first-order chi connectivity index (χ1) is 13.1. The molecule has 8 heteroatoms. The van der Waals surface area contributed by atoms with Gasteiger partial charge in [0.25, 0.3) is 5.69 Å². The molecule has 1 saturated heterocycles. The van der Waals surface area contributed by atoms with Crippen LogP contribution in [-0.2, 0) is 5.41 Å². The Balaban J connectivity index is 1.61. The van der Waals surface area contributed by atoms with Crippen molar-refractivity contribution in [1.29, 1.82) is 5.26 Å². The fraction of sp³-hybridized carbons (Fsp3) is 0.368. The third kappa shape index (κ3) is 2.72. The summed E-state index contributed by atoms with van der Waals surface area (Å²) in [7, 11) is 1.53. The maximum absolute atomic E-state index is 11.1. The standard InChI is InChI=1S/C19H19N4O4/c1-26-22-8-5-15(23(24)25)11-17(22)21-9-6-19(7-10-21)13-27-18-14(12-20)3-2-4-16(18)19/h2-5,8,11H,6-7,9-10,13H2,1H3/q+1. The number of ether oxygens (including phenoxy) is 1. The summed E-state index contributed by atoms with van der Waals surface area (Å²) >= 11 is 0. The Bertz CT molecular complexity index is 945. The van der Waals surface area contributed by atoms with E-state index in [0.29, 0.717) is 36.8 Å². The fourth-order valence-electron chi connectivity index (χ4n) is 4.03. The maximum atomic E-state index is 11.1. The van der Waals surface area contributed by atoms with Gasteiger partial charge in [0, 0.05) is 11.0 Å². The predicted molar refractivity (Wildman–Crippen MR) is 95.6 cm³/mol. The molecule has 1 spiro atoms. The number of pyridine rings is 1. The van der Waals surface area contributed by atoms with Crippen LogP contribution in [0.5, 0.6) is 5.75 Å². The van der Waals surface area contributed by atoms with Crippen LogP contribution in [0.4, 0.5) is 11.5 Å². The largest absolute Gasteiger partial charge is 0.491 e. The molecule has 8 nitrogen and oxygen atoms in total. The summed E-state index contributed by atoms with van der Waals surface area (Å²) in [4.78, 5) is 18.1. The van der Waals surface area contributed by atoms with E-state index in [9.17, 15) is 15.4 Å². The number of aromatic nitrogens is 1. The van der Waals surface area contributed by atoms with Crippen LogP contribution in [0.1, 0.15) is 24.0 Å². The monoisotopic (exact) mass is 367 g/mol. The Kier molecular flexibility index (Phi) is 4.07. The Morgan fingerprint density at radius 3 is 2.81 bits per heavy atom. The van der Waals surface area contributed by atoms with Gasteiger partial charge in [0.1, 0.15) is 31.2 Å². The minimum Gasteiger partial charge on any atom is -0.491 e. The van der Waals surface area contributed by atoms with Crippen molar-refractivity contribution in [3.05, 3.63) is 57.8 Å². The number of hydrogen-bond donors (Lipinski definition) is 0. The second kappa shape index (κ2) is 6.43. The van der Waals surface area contributed by atoms with E-state index >= 15 is 0 Å². The van der Waals surface area contributed by atoms with Gasteiger partial charge in [0.15, 0.2) is 0 Å². The second-order valence-electron chi connectivity index (χ2n) is 6.86. The Labute approximate surface area is 156 Å². The minimum atomic E-state index is -0.403. The number of nitrogens with zero attached hydrogens (tertiary/aromatic N) is 4. The molecule has 1 fully saturated rings. The lowest BCUT2D eigenvalue weighted by atomic mass is 9.74. The second-order valence-corrected chi connectivity index (χ2v) is 6.86. The summed E-state index contributed by atoms with van der Waals surface area (Å²) in [6.45, 7) is 1.99. The van der Waals surface area contributed by atoms with Crippen molar-refractivity contribution in [3.63, 3.8) is 0 Å². The maximum Gasteiger partial charge on any atom is 0.323 e. The zero-order valence-electron chi connectivity index (χ0n) is 14.9. The summed E-state index contributed by atoms with van der Waals surface area (Å²) in [5.41, 5.74) is 1.59. The molecule has 0 bridgehead atoms. The molecular weight excluding hydrogens is 348 g/mol. The normalized spacial score (nSPS) is 17.1. The first-order valence-corrected chi connectivity index (χ1v) is 8.74. The highest BCUT2D eigenvalue weighted by Gasteiger charge is 2.46. The number of anilines is 1. The lowest BCUT2D eigenvalue weighted by molar-refractivity contribution is -0.875. The first-order valence-electron chi connectivity index (χ1n) is 8.74. The van der Waals surface area contributed by atoms with Gasteiger partial charge >= 0.3 is 5.82 Å². The zero-order valence-corrected chi connectivity index (χ0v) is 14.9. The highest BCUT2D eigenvalue weighted by atomic mass is 16.6. The third-order valence-corrected chi connectivity index (χ3v) is 5.54. The molecule has 2 aliphatic rings. The van der Waals surface area contributed by atoms with Crippen molar-refractivity contribution >= 4 is 11.5 Å². The van der Waals surface area contributed by atoms with Gasteiger partial charge in [0.2, 0.25) is 0 Å². The van der Waals surface area contributed by atoms with Crippen molar-refractivity contribution in [2.75, 3.05) is 31.7 Å². The summed E-state index contributed by atoms with van der Waals surface area (Å²) in [5.74, 6) is 1.36. The first kappa shape index (κ1) is 17.1. The van der Waals surface area contributed by atoms with Gasteiger partial charge in [0.05, 0.1) is 36.2 Å². The summed E-state index contributed by atoms with van der Waals surface area (Å²) in [6.07, 6.45) is 3.23. The van der Waals surface area contributed by atoms with Crippen LogP contribution >= 0.6 is 0 Å². The Morgan fingerprint density at radius 1 is 1.37 bits per heavy atom. The average Bonchev–Trinajstić information content (AvgIpc) is 3.06. The van der Waals surface area contributed by atoms with E-state index in [2.05, 4.69) is 11.0 Å². The lowest BCUT2D eigenvalue weighted by Crippen LogP contribution is -2.51. The van der Waals surface area contributed by atoms with E-state index in [1.807, 2.05) is 12.1 Å². The van der Waals surface area contributed by atoms with E-state index in [4.69, 9.17) is 9.57 Å². The molecule has 3 heterocycles. The van der Waals surface area contributed by atoms with Crippen LogP contribution in [0, 0.1) is 21.4 Å². The molecule has 0 atom stereocenters. The van der Waals surface area contributed by atoms with E-state index in [1.54, 1.807) is 12.3 Å². The molecule has 138 valence electrons. The number of para-hydroxylation sites is 1. The minimum absolute atomic E-state index is 0.0341. The van der Waals surface area contributed by atoms with E-state index in [-0.39, 0.29) is 11.1 Å². The fourth-order valence-corrected chi connectivity index (χ4v) is 4.03. The van der Waals surface area contributed by atoms with Crippen LogP contribution < -0.4 is 19.2 Å². The van der Waals surface area contributed by atoms with Crippen molar-refractivity contribution in [1.82, 2.24) is 0 Å². The van der Waals surface area contributed by atoms with Crippen LogP contribution in [0.2, 0.25) is 0 Å².